The van der Waals surface area contributed by atoms with Gasteiger partial charge in [-0.15, -0.1) is 0 Å². The van der Waals surface area contributed by atoms with Crippen LogP contribution in [0.3, 0.4) is 0 Å². The number of ether oxygens (including phenoxy) is 2. The summed E-state index contributed by atoms with van der Waals surface area (Å²) in [6, 6.07) is 10.9. The zero-order valence-corrected chi connectivity index (χ0v) is 20.0. The molecule has 0 bridgehead atoms. The fraction of sp³-hybridized carbons (Fsp3) is 0.478. The largest absolute Gasteiger partial charge is 0.472 e. The van der Waals surface area contributed by atoms with E-state index in [0.29, 0.717) is 18.8 Å². The normalized spacial score (nSPS) is 19.5. The Morgan fingerprint density at radius 1 is 1.16 bits per heavy atom. The van der Waals surface area contributed by atoms with Crippen LogP contribution in [0.25, 0.3) is 0 Å². The zero-order chi connectivity index (χ0) is 22.8. The van der Waals surface area contributed by atoms with Gasteiger partial charge < -0.3 is 13.9 Å². The monoisotopic (exact) mass is 444 g/mol. The molecule has 168 valence electrons. The van der Waals surface area contributed by atoms with Crippen molar-refractivity contribution in [3.8, 4) is 0 Å². The second-order valence-electron chi connectivity index (χ2n) is 9.40. The lowest BCUT2D eigenvalue weighted by atomic mass is 10.2. The molecule has 1 saturated heterocycles. The van der Waals surface area contributed by atoms with Crippen LogP contribution in [0.5, 0.6) is 0 Å². The molecule has 31 heavy (non-hydrogen) atoms. The smallest absolute Gasteiger partial charge is 0.335 e. The molecule has 1 fully saturated rings. The first-order valence-electron chi connectivity index (χ1n) is 10.5. The predicted molar refractivity (Wildman–Crippen MR) is 122 cm³/mol. The van der Waals surface area contributed by atoms with Crippen molar-refractivity contribution in [2.45, 2.75) is 71.0 Å². The zero-order valence-electron chi connectivity index (χ0n) is 19.0. The van der Waals surface area contributed by atoms with Crippen LogP contribution in [-0.4, -0.2) is 23.6 Å². The molecule has 1 aliphatic rings. The topological polar surface area (TPSA) is 71.7 Å². The Hall–Kier alpha value is -2.42. The van der Waals surface area contributed by atoms with Gasteiger partial charge in [-0.1, -0.05) is 57.7 Å². The molecule has 0 radical (unpaired) electrons. The van der Waals surface area contributed by atoms with E-state index in [2.05, 4.69) is 40.4 Å². The van der Waals surface area contributed by atoms with Crippen molar-refractivity contribution in [3.05, 3.63) is 81.3 Å². The number of nitrogens with zero attached hydrogens (tertiary/aromatic N) is 2. The van der Waals surface area contributed by atoms with E-state index < -0.39 is 25.8 Å². The molecular weight excluding hydrogens is 412 g/mol. The summed E-state index contributed by atoms with van der Waals surface area (Å²) in [5, 5.41) is 0.0104. The van der Waals surface area contributed by atoms with Gasteiger partial charge in [0.2, 0.25) is 6.23 Å². The molecule has 0 saturated carbocycles. The molecule has 1 aromatic heterocycles. The van der Waals surface area contributed by atoms with Gasteiger partial charge in [-0.3, -0.25) is 9.36 Å². The standard InChI is InChI=1S/C23H32N2O5Si/c1-17-14-19(30-31(5,6)23(2,3)4)21(29-17)24-13-12-20(26)25(22(24)27)16-28-15-18-10-8-7-9-11-18/h7-13,19,21H,1,14-16H2,2-6H3/t19-,21-/m1/s1. The van der Waals surface area contributed by atoms with Gasteiger partial charge in [0.25, 0.3) is 5.56 Å². The fourth-order valence-corrected chi connectivity index (χ4v) is 4.49. The fourth-order valence-electron chi connectivity index (χ4n) is 3.18. The van der Waals surface area contributed by atoms with Crippen LogP contribution in [0.4, 0.5) is 0 Å². The molecule has 2 atom stereocenters. The second kappa shape index (κ2) is 8.98. The summed E-state index contributed by atoms with van der Waals surface area (Å²) < 4.78 is 20.5. The van der Waals surface area contributed by atoms with Crippen LogP contribution in [0, 0.1) is 0 Å². The van der Waals surface area contributed by atoms with E-state index in [-0.39, 0.29) is 17.9 Å². The van der Waals surface area contributed by atoms with Crippen LogP contribution in [0.1, 0.15) is 39.0 Å². The Balaban J connectivity index is 1.82. The highest BCUT2D eigenvalue weighted by Crippen LogP contribution is 2.41. The summed E-state index contributed by atoms with van der Waals surface area (Å²) in [7, 11) is -2.10. The van der Waals surface area contributed by atoms with Crippen LogP contribution in [-0.2, 0) is 27.2 Å². The van der Waals surface area contributed by atoms with Crippen LogP contribution < -0.4 is 11.2 Å². The van der Waals surface area contributed by atoms with Gasteiger partial charge in [0.15, 0.2) is 8.32 Å². The summed E-state index contributed by atoms with van der Waals surface area (Å²) >= 11 is 0. The summed E-state index contributed by atoms with van der Waals surface area (Å²) in [5.74, 6) is 0.568. The molecule has 0 unspecified atom stereocenters. The van der Waals surface area contributed by atoms with E-state index in [1.807, 2.05) is 30.3 Å². The van der Waals surface area contributed by atoms with E-state index in [1.165, 1.54) is 16.8 Å². The lowest BCUT2D eigenvalue weighted by Gasteiger charge is -2.39. The lowest BCUT2D eigenvalue weighted by molar-refractivity contribution is 0.00626. The molecule has 2 heterocycles. The first kappa shape index (κ1) is 23.2. The highest BCUT2D eigenvalue weighted by Gasteiger charge is 2.44. The van der Waals surface area contributed by atoms with Crippen molar-refractivity contribution < 1.29 is 13.9 Å². The van der Waals surface area contributed by atoms with Crippen molar-refractivity contribution >= 4 is 8.32 Å². The summed E-state index contributed by atoms with van der Waals surface area (Å²) in [6.07, 6.45) is 0.953. The SMILES string of the molecule is C=C1C[C@@H](O[Si](C)(C)C(C)(C)C)[C@H](n2ccc(=O)n(COCc3ccccc3)c2=O)O1. The Morgan fingerprint density at radius 2 is 1.84 bits per heavy atom. The van der Waals surface area contributed by atoms with Crippen molar-refractivity contribution in [2.24, 2.45) is 0 Å². The van der Waals surface area contributed by atoms with E-state index in [1.54, 1.807) is 0 Å². The maximum Gasteiger partial charge on any atom is 0.335 e. The molecule has 2 aromatic rings. The van der Waals surface area contributed by atoms with E-state index in [0.717, 1.165) is 10.1 Å². The third-order valence-electron chi connectivity index (χ3n) is 5.99. The van der Waals surface area contributed by atoms with Gasteiger partial charge in [0.1, 0.15) is 12.8 Å². The van der Waals surface area contributed by atoms with Gasteiger partial charge in [-0.2, -0.15) is 0 Å². The molecule has 0 spiro atoms. The third kappa shape index (κ3) is 5.26. The van der Waals surface area contributed by atoms with Crippen LogP contribution >= 0.6 is 0 Å². The highest BCUT2D eigenvalue weighted by molar-refractivity contribution is 6.74. The van der Waals surface area contributed by atoms with Gasteiger partial charge >= 0.3 is 5.69 Å². The number of benzene rings is 1. The first-order chi connectivity index (χ1) is 14.5. The Kier molecular flexibility index (Phi) is 6.73. The van der Waals surface area contributed by atoms with Crippen molar-refractivity contribution in [3.63, 3.8) is 0 Å². The number of aromatic nitrogens is 2. The molecule has 0 amide bonds. The van der Waals surface area contributed by atoms with E-state index >= 15 is 0 Å². The van der Waals surface area contributed by atoms with E-state index in [9.17, 15) is 9.59 Å². The van der Waals surface area contributed by atoms with Crippen LogP contribution in [0.2, 0.25) is 18.1 Å². The first-order valence-corrected chi connectivity index (χ1v) is 13.4. The Morgan fingerprint density at radius 3 is 2.48 bits per heavy atom. The average Bonchev–Trinajstić information content (AvgIpc) is 3.03. The summed E-state index contributed by atoms with van der Waals surface area (Å²) in [5.41, 5.74) is 0.0437. The van der Waals surface area contributed by atoms with Crippen LogP contribution in [0.15, 0.2) is 64.5 Å². The van der Waals surface area contributed by atoms with Gasteiger partial charge in [0.05, 0.1) is 12.4 Å². The lowest BCUT2D eigenvalue weighted by Crippen LogP contribution is -2.47. The van der Waals surface area contributed by atoms with E-state index in [4.69, 9.17) is 13.9 Å². The highest BCUT2D eigenvalue weighted by atomic mass is 28.4. The minimum absolute atomic E-state index is 0.0104. The number of hydrogen-bond acceptors (Lipinski definition) is 5. The summed E-state index contributed by atoms with van der Waals surface area (Å²) in [4.78, 5) is 25.5. The minimum Gasteiger partial charge on any atom is -0.472 e. The van der Waals surface area contributed by atoms with Gasteiger partial charge in [-0.05, 0) is 23.7 Å². The molecular formula is C23H32N2O5Si. The maximum absolute atomic E-state index is 13.1. The Labute approximate surface area is 184 Å². The third-order valence-corrected chi connectivity index (χ3v) is 10.5. The van der Waals surface area contributed by atoms with Gasteiger partial charge in [-0.25, -0.2) is 9.36 Å². The molecule has 7 nitrogen and oxygen atoms in total. The minimum atomic E-state index is -2.10. The molecule has 0 N–H and O–H groups in total. The molecule has 8 heteroatoms. The average molecular weight is 445 g/mol. The second-order valence-corrected chi connectivity index (χ2v) is 14.2. The summed E-state index contributed by atoms with van der Waals surface area (Å²) in [6.45, 7) is 14.9. The quantitative estimate of drug-likeness (QED) is 0.604. The van der Waals surface area contributed by atoms with Crippen molar-refractivity contribution in [1.29, 1.82) is 0 Å². The predicted octanol–water partition coefficient (Wildman–Crippen LogP) is 4.01. The van der Waals surface area contributed by atoms with Crippen molar-refractivity contribution in [2.75, 3.05) is 0 Å². The van der Waals surface area contributed by atoms with Crippen molar-refractivity contribution in [1.82, 2.24) is 9.13 Å². The number of rotatable bonds is 7. The van der Waals surface area contributed by atoms with Gasteiger partial charge in [0, 0.05) is 18.7 Å². The molecule has 1 aliphatic heterocycles. The molecule has 1 aromatic carbocycles. The molecule has 0 aliphatic carbocycles. The Bertz CT molecular complexity index is 1040. The maximum atomic E-state index is 13.1. The molecule has 3 rings (SSSR count). The number of hydrogen-bond donors (Lipinski definition) is 0.